The molecule has 0 spiro atoms. The van der Waals surface area contributed by atoms with Crippen molar-refractivity contribution in [1.29, 1.82) is 0 Å². The highest BCUT2D eigenvalue weighted by Gasteiger charge is 2.63. The summed E-state index contributed by atoms with van der Waals surface area (Å²) in [4.78, 5) is 4.20. The number of benzene rings is 2. The summed E-state index contributed by atoms with van der Waals surface area (Å²) in [7, 11) is 0. The number of aliphatic hydroxyl groups excluding tert-OH is 1. The summed E-state index contributed by atoms with van der Waals surface area (Å²) in [5.74, 6) is -7.35. The number of alkyl halides is 5. The highest BCUT2D eigenvalue weighted by molar-refractivity contribution is 5.95. The molecule has 0 saturated heterocycles. The third-order valence-corrected chi connectivity index (χ3v) is 5.36. The van der Waals surface area contributed by atoms with Gasteiger partial charge in [0.2, 0.25) is 0 Å². The first-order valence-electron chi connectivity index (χ1n) is 9.94. The quantitative estimate of drug-likeness (QED) is 0.452. The fourth-order valence-corrected chi connectivity index (χ4v) is 3.61. The van der Waals surface area contributed by atoms with Crippen molar-refractivity contribution in [2.45, 2.75) is 31.2 Å². The van der Waals surface area contributed by atoms with Crippen LogP contribution < -0.4 is 5.01 Å². The minimum atomic E-state index is -5.89. The van der Waals surface area contributed by atoms with Gasteiger partial charge in [-0.3, -0.25) is 9.99 Å². The van der Waals surface area contributed by atoms with Crippen molar-refractivity contribution in [2.24, 2.45) is 5.10 Å². The molecule has 4 rings (SSSR count). The fraction of sp³-hybridized carbons (Fsp3) is 0.217. The second-order valence-corrected chi connectivity index (χ2v) is 7.61. The molecule has 1 atom stereocenters. The van der Waals surface area contributed by atoms with Crippen LogP contribution >= 0.6 is 0 Å². The molecule has 4 nitrogen and oxygen atoms in total. The zero-order valence-electron chi connectivity index (χ0n) is 17.2. The molecule has 3 aromatic rings. The second kappa shape index (κ2) is 8.71. The lowest BCUT2D eigenvalue weighted by molar-refractivity contribution is -0.249. The highest BCUT2D eigenvalue weighted by Crippen LogP contribution is 2.45. The molecule has 0 saturated carbocycles. The van der Waals surface area contributed by atoms with Gasteiger partial charge in [0, 0.05) is 24.2 Å². The topological polar surface area (TPSA) is 48.7 Å². The maximum Gasteiger partial charge on any atom is 0.459 e. The van der Waals surface area contributed by atoms with Crippen molar-refractivity contribution in [3.05, 3.63) is 83.6 Å². The van der Waals surface area contributed by atoms with Crippen molar-refractivity contribution in [1.82, 2.24) is 4.98 Å². The minimum absolute atomic E-state index is 0.221. The SMILES string of the molecule is OCc1ccc(-c2cccc(C3CC(C(F)(F)C(F)(F)F)=NN3c3ccc(F)cc3F)c2)nc1. The number of hydrogen-bond acceptors (Lipinski definition) is 4. The average Bonchev–Trinajstić information content (AvgIpc) is 3.24. The summed E-state index contributed by atoms with van der Waals surface area (Å²) < 4.78 is 95.2. The van der Waals surface area contributed by atoms with E-state index in [4.69, 9.17) is 5.11 Å². The second-order valence-electron chi connectivity index (χ2n) is 7.61. The molecule has 2 aromatic carbocycles. The zero-order valence-corrected chi connectivity index (χ0v) is 17.2. The van der Waals surface area contributed by atoms with Crippen molar-refractivity contribution >= 4 is 11.4 Å². The van der Waals surface area contributed by atoms with Gasteiger partial charge < -0.3 is 5.11 Å². The van der Waals surface area contributed by atoms with Gasteiger partial charge in [0.15, 0.2) is 5.82 Å². The lowest BCUT2D eigenvalue weighted by Crippen LogP contribution is -2.43. The van der Waals surface area contributed by atoms with E-state index in [-0.39, 0.29) is 12.2 Å². The van der Waals surface area contributed by atoms with E-state index in [1.807, 2.05) is 0 Å². The summed E-state index contributed by atoms with van der Waals surface area (Å²) in [6.07, 6.45) is -5.31. The normalized spacial score (nSPS) is 16.6. The Morgan fingerprint density at radius 3 is 2.35 bits per heavy atom. The summed E-state index contributed by atoms with van der Waals surface area (Å²) >= 11 is 0. The molecule has 0 fully saturated rings. The summed E-state index contributed by atoms with van der Waals surface area (Å²) in [5.41, 5.74) is -0.136. The average molecular weight is 483 g/mol. The van der Waals surface area contributed by atoms with E-state index >= 15 is 0 Å². The maximum absolute atomic E-state index is 14.5. The molecule has 1 N–H and O–H groups in total. The molecule has 178 valence electrons. The first kappa shape index (κ1) is 23.7. The van der Waals surface area contributed by atoms with E-state index in [0.29, 0.717) is 27.9 Å². The minimum Gasteiger partial charge on any atom is -0.392 e. The number of aromatic nitrogens is 1. The van der Waals surface area contributed by atoms with Crippen LogP contribution in [0.25, 0.3) is 11.3 Å². The van der Waals surface area contributed by atoms with Gasteiger partial charge in [-0.2, -0.15) is 27.1 Å². The molecule has 11 heteroatoms. The van der Waals surface area contributed by atoms with E-state index in [0.717, 1.165) is 12.1 Å². The first-order chi connectivity index (χ1) is 16.0. The van der Waals surface area contributed by atoms with Gasteiger partial charge in [0.05, 0.1) is 24.0 Å². The van der Waals surface area contributed by atoms with Crippen LogP contribution in [0.5, 0.6) is 0 Å². The molecule has 1 unspecified atom stereocenters. The Balaban J connectivity index is 1.77. The van der Waals surface area contributed by atoms with Crippen LogP contribution in [-0.4, -0.2) is 27.9 Å². The van der Waals surface area contributed by atoms with Gasteiger partial charge in [-0.05, 0) is 35.4 Å². The number of nitrogens with zero attached hydrogens (tertiary/aromatic N) is 3. The van der Waals surface area contributed by atoms with E-state index in [1.165, 1.54) is 18.3 Å². The van der Waals surface area contributed by atoms with Gasteiger partial charge in [-0.25, -0.2) is 8.78 Å². The van der Waals surface area contributed by atoms with Crippen molar-refractivity contribution in [3.63, 3.8) is 0 Å². The van der Waals surface area contributed by atoms with E-state index < -0.39 is 47.6 Å². The van der Waals surface area contributed by atoms with Crippen molar-refractivity contribution < 1.29 is 35.8 Å². The van der Waals surface area contributed by atoms with Crippen LogP contribution in [0.1, 0.15) is 23.6 Å². The summed E-state index contributed by atoms with van der Waals surface area (Å²) in [5, 5.41) is 13.3. The monoisotopic (exact) mass is 483 g/mol. The summed E-state index contributed by atoms with van der Waals surface area (Å²) in [6.45, 7) is -0.221. The van der Waals surface area contributed by atoms with E-state index in [2.05, 4.69) is 10.1 Å². The molecule has 1 aliphatic rings. The summed E-state index contributed by atoms with van der Waals surface area (Å²) in [6, 6.07) is 10.5. The lowest BCUT2D eigenvalue weighted by Gasteiger charge is -2.24. The van der Waals surface area contributed by atoms with Crippen LogP contribution in [0.15, 0.2) is 65.9 Å². The van der Waals surface area contributed by atoms with Crippen LogP contribution in [0.2, 0.25) is 0 Å². The van der Waals surface area contributed by atoms with Gasteiger partial charge in [0.25, 0.3) is 0 Å². The Bertz CT molecular complexity index is 1230. The predicted molar refractivity (Wildman–Crippen MR) is 110 cm³/mol. The highest BCUT2D eigenvalue weighted by atomic mass is 19.4. The maximum atomic E-state index is 14.5. The first-order valence-corrected chi connectivity index (χ1v) is 9.94. The third kappa shape index (κ3) is 4.35. The number of aliphatic hydroxyl groups is 1. The van der Waals surface area contributed by atoms with Gasteiger partial charge in [-0.15, -0.1) is 0 Å². The van der Waals surface area contributed by atoms with Crippen LogP contribution in [0.3, 0.4) is 0 Å². The number of anilines is 1. The Morgan fingerprint density at radius 2 is 1.74 bits per heavy atom. The Kier molecular flexibility index (Phi) is 6.07. The fourth-order valence-electron chi connectivity index (χ4n) is 3.61. The number of pyridine rings is 1. The van der Waals surface area contributed by atoms with Gasteiger partial charge in [0.1, 0.15) is 11.5 Å². The Hall–Kier alpha value is -3.47. The Morgan fingerprint density at radius 1 is 0.971 bits per heavy atom. The zero-order chi connectivity index (χ0) is 24.7. The molecular formula is C23H16F7N3O. The van der Waals surface area contributed by atoms with Gasteiger partial charge >= 0.3 is 12.1 Å². The van der Waals surface area contributed by atoms with Crippen LogP contribution in [0, 0.1) is 11.6 Å². The largest absolute Gasteiger partial charge is 0.459 e. The lowest BCUT2D eigenvalue weighted by atomic mass is 9.96. The predicted octanol–water partition coefficient (Wildman–Crippen LogP) is 6.02. The molecule has 2 heterocycles. The van der Waals surface area contributed by atoms with Crippen molar-refractivity contribution in [3.8, 4) is 11.3 Å². The number of halogens is 7. The molecule has 0 bridgehead atoms. The molecule has 1 aliphatic heterocycles. The van der Waals surface area contributed by atoms with E-state index in [9.17, 15) is 30.7 Å². The number of hydrogen-bond donors (Lipinski definition) is 1. The third-order valence-electron chi connectivity index (χ3n) is 5.36. The molecule has 1 aromatic heterocycles. The molecular weight excluding hydrogens is 467 g/mol. The number of hydrazone groups is 1. The van der Waals surface area contributed by atoms with Crippen LogP contribution in [-0.2, 0) is 6.61 Å². The number of rotatable bonds is 5. The molecule has 0 radical (unpaired) electrons. The molecule has 0 amide bonds. The van der Waals surface area contributed by atoms with Crippen molar-refractivity contribution in [2.75, 3.05) is 5.01 Å². The van der Waals surface area contributed by atoms with E-state index in [1.54, 1.807) is 24.3 Å². The van der Waals surface area contributed by atoms with Gasteiger partial charge in [-0.1, -0.05) is 24.3 Å². The van der Waals surface area contributed by atoms with Crippen LogP contribution in [0.4, 0.5) is 36.4 Å². The standard InChI is InChI=1S/C23H16F7N3O/c24-16-5-7-19(17(25)9-16)33-20(10-21(32-33)22(26,27)23(28,29)30)15-3-1-2-14(8-15)18-6-4-13(12-34)11-31-18/h1-9,11,20,34H,10,12H2. The molecule has 0 aliphatic carbocycles. The smallest absolute Gasteiger partial charge is 0.392 e. The Labute approximate surface area is 189 Å². The molecule has 34 heavy (non-hydrogen) atoms.